The van der Waals surface area contributed by atoms with E-state index in [1.54, 1.807) is 11.0 Å². The van der Waals surface area contributed by atoms with E-state index in [1.165, 1.54) is 0 Å². The van der Waals surface area contributed by atoms with Gasteiger partial charge in [0.05, 0.1) is 35.9 Å². The molecule has 3 aromatic rings. The van der Waals surface area contributed by atoms with Gasteiger partial charge in [-0.2, -0.15) is 0 Å². The molecule has 2 aliphatic rings. The molecular formula is C23H22N4O4. The normalized spacial score (nSPS) is 15.0. The number of primary amides is 1. The molecule has 1 aliphatic heterocycles. The molecule has 158 valence electrons. The average molecular weight is 418 g/mol. The van der Waals surface area contributed by atoms with Gasteiger partial charge in [0.1, 0.15) is 5.76 Å². The lowest BCUT2D eigenvalue weighted by atomic mass is 10.0. The van der Waals surface area contributed by atoms with Gasteiger partial charge in [-0.05, 0) is 43.2 Å². The molecule has 1 fully saturated rings. The van der Waals surface area contributed by atoms with Gasteiger partial charge in [0.15, 0.2) is 0 Å². The maximum absolute atomic E-state index is 12.9. The summed E-state index contributed by atoms with van der Waals surface area (Å²) in [4.78, 5) is 31.8. The van der Waals surface area contributed by atoms with Crippen LogP contribution in [0, 0.1) is 13.8 Å². The number of ether oxygens (including phenoxy) is 1. The average Bonchev–Trinajstić information content (AvgIpc) is 3.31. The Kier molecular flexibility index (Phi) is 4.59. The van der Waals surface area contributed by atoms with Crippen LogP contribution >= 0.6 is 0 Å². The van der Waals surface area contributed by atoms with Crippen LogP contribution in [0.15, 0.2) is 28.8 Å². The lowest BCUT2D eigenvalue weighted by molar-refractivity contribution is 0.0303. The van der Waals surface area contributed by atoms with Crippen LogP contribution in [0.25, 0.3) is 22.5 Å². The summed E-state index contributed by atoms with van der Waals surface area (Å²) in [6.45, 7) is 5.93. The Balaban J connectivity index is 1.58. The first-order valence-corrected chi connectivity index (χ1v) is 10.2. The second kappa shape index (κ2) is 7.31. The number of pyridine rings is 1. The maximum atomic E-state index is 12.9. The summed E-state index contributed by atoms with van der Waals surface area (Å²) in [6, 6.07) is 7.33. The number of amides is 2. The number of nitrogens with zero attached hydrogens (tertiary/aromatic N) is 3. The summed E-state index contributed by atoms with van der Waals surface area (Å²) in [5.41, 5.74) is 12.2. The predicted octanol–water partition coefficient (Wildman–Crippen LogP) is 2.50. The van der Waals surface area contributed by atoms with Crippen molar-refractivity contribution in [3.8, 4) is 22.5 Å². The number of carbonyl (C=O) groups excluding carboxylic acids is 2. The van der Waals surface area contributed by atoms with E-state index in [-0.39, 0.29) is 5.91 Å². The van der Waals surface area contributed by atoms with E-state index in [4.69, 9.17) is 20.0 Å². The molecule has 0 radical (unpaired) electrons. The van der Waals surface area contributed by atoms with Crippen LogP contribution in [0.4, 0.5) is 0 Å². The van der Waals surface area contributed by atoms with Gasteiger partial charge in [-0.25, -0.2) is 4.98 Å². The van der Waals surface area contributed by atoms with E-state index in [9.17, 15) is 9.59 Å². The Hall–Kier alpha value is -3.52. The zero-order valence-electron chi connectivity index (χ0n) is 17.4. The number of aromatic nitrogens is 2. The molecule has 0 saturated carbocycles. The van der Waals surface area contributed by atoms with Crippen molar-refractivity contribution in [3.63, 3.8) is 0 Å². The molecule has 1 saturated heterocycles. The zero-order chi connectivity index (χ0) is 21.7. The van der Waals surface area contributed by atoms with Gasteiger partial charge < -0.3 is 19.9 Å². The molecule has 2 amide bonds. The Morgan fingerprint density at radius 2 is 1.90 bits per heavy atom. The fourth-order valence-corrected chi connectivity index (χ4v) is 4.41. The lowest BCUT2D eigenvalue weighted by Crippen LogP contribution is -2.40. The molecule has 1 aliphatic carbocycles. The third kappa shape index (κ3) is 3.19. The molecule has 8 heteroatoms. The summed E-state index contributed by atoms with van der Waals surface area (Å²) in [6.07, 6.45) is 0.502. The number of carbonyl (C=O) groups is 2. The number of aryl methyl sites for hydroxylation is 2. The largest absolute Gasteiger partial charge is 0.378 e. The summed E-state index contributed by atoms with van der Waals surface area (Å²) in [7, 11) is 0. The molecular weight excluding hydrogens is 396 g/mol. The van der Waals surface area contributed by atoms with Gasteiger partial charge in [0, 0.05) is 36.2 Å². The molecule has 2 aromatic heterocycles. The van der Waals surface area contributed by atoms with E-state index in [0.717, 1.165) is 22.3 Å². The molecule has 31 heavy (non-hydrogen) atoms. The van der Waals surface area contributed by atoms with Crippen molar-refractivity contribution < 1.29 is 18.8 Å². The second-order valence-electron chi connectivity index (χ2n) is 7.90. The number of fused-ring (bicyclic) bond motifs is 3. The fourth-order valence-electron chi connectivity index (χ4n) is 4.41. The quantitative estimate of drug-likeness (QED) is 0.547. The predicted molar refractivity (Wildman–Crippen MR) is 113 cm³/mol. The highest BCUT2D eigenvalue weighted by Crippen LogP contribution is 2.40. The van der Waals surface area contributed by atoms with Crippen molar-refractivity contribution in [1.29, 1.82) is 0 Å². The molecule has 0 spiro atoms. The molecule has 0 unspecified atom stereocenters. The van der Waals surface area contributed by atoms with Gasteiger partial charge in [-0.15, -0.1) is 0 Å². The van der Waals surface area contributed by atoms with Crippen LogP contribution in [0.2, 0.25) is 0 Å². The Morgan fingerprint density at radius 3 is 2.58 bits per heavy atom. The second-order valence-corrected chi connectivity index (χ2v) is 7.90. The molecule has 2 N–H and O–H groups in total. The van der Waals surface area contributed by atoms with Crippen molar-refractivity contribution in [2.45, 2.75) is 20.3 Å². The minimum atomic E-state index is -0.510. The van der Waals surface area contributed by atoms with E-state index in [2.05, 4.69) is 5.16 Å². The minimum absolute atomic E-state index is 0.0125. The number of benzene rings is 1. The van der Waals surface area contributed by atoms with Crippen LogP contribution in [-0.2, 0) is 11.2 Å². The van der Waals surface area contributed by atoms with Crippen LogP contribution < -0.4 is 5.73 Å². The van der Waals surface area contributed by atoms with Crippen molar-refractivity contribution in [2.24, 2.45) is 5.73 Å². The summed E-state index contributed by atoms with van der Waals surface area (Å²) >= 11 is 0. The van der Waals surface area contributed by atoms with Crippen LogP contribution in [0.3, 0.4) is 0 Å². The van der Waals surface area contributed by atoms with Gasteiger partial charge in [-0.3, -0.25) is 9.59 Å². The third-order valence-electron chi connectivity index (χ3n) is 5.95. The maximum Gasteiger partial charge on any atom is 0.254 e. The fraction of sp³-hybridized carbons (Fsp3) is 0.304. The van der Waals surface area contributed by atoms with E-state index < -0.39 is 5.91 Å². The van der Waals surface area contributed by atoms with Crippen molar-refractivity contribution >= 4 is 11.8 Å². The lowest BCUT2D eigenvalue weighted by Gasteiger charge is -2.27. The highest BCUT2D eigenvalue weighted by atomic mass is 16.5. The van der Waals surface area contributed by atoms with Crippen molar-refractivity contribution in [2.75, 3.05) is 26.3 Å². The number of nitrogens with two attached hydrogens (primary N) is 1. The number of hydrogen-bond acceptors (Lipinski definition) is 6. The van der Waals surface area contributed by atoms with Gasteiger partial charge in [0.2, 0.25) is 5.91 Å². The van der Waals surface area contributed by atoms with Gasteiger partial charge >= 0.3 is 0 Å². The Morgan fingerprint density at radius 1 is 1.13 bits per heavy atom. The monoisotopic (exact) mass is 418 g/mol. The van der Waals surface area contributed by atoms with Gasteiger partial charge in [-0.1, -0.05) is 11.2 Å². The van der Waals surface area contributed by atoms with E-state index >= 15 is 0 Å². The van der Waals surface area contributed by atoms with Crippen molar-refractivity contribution in [1.82, 2.24) is 15.0 Å². The summed E-state index contributed by atoms with van der Waals surface area (Å²) in [5.74, 6) is 0.107. The SMILES string of the molecule is Cc1noc(C)c1-c1cc(C(N)=O)c2c(n1)-c1ccc(C(=O)N3CCOCC3)cc1C2. The van der Waals surface area contributed by atoms with Gasteiger partial charge in [0.25, 0.3) is 5.91 Å². The zero-order valence-corrected chi connectivity index (χ0v) is 17.4. The topological polar surface area (TPSA) is 112 Å². The minimum Gasteiger partial charge on any atom is -0.378 e. The Labute approximate surface area is 179 Å². The van der Waals surface area contributed by atoms with Crippen LogP contribution in [-0.4, -0.2) is 53.2 Å². The van der Waals surface area contributed by atoms with Crippen molar-refractivity contribution in [3.05, 3.63) is 58.0 Å². The van der Waals surface area contributed by atoms with Crippen LogP contribution in [0.1, 0.15) is 43.3 Å². The first-order chi connectivity index (χ1) is 14.9. The molecule has 5 rings (SSSR count). The molecule has 0 atom stereocenters. The number of hydrogen-bond donors (Lipinski definition) is 1. The highest BCUT2D eigenvalue weighted by molar-refractivity contribution is 6.00. The summed E-state index contributed by atoms with van der Waals surface area (Å²) in [5, 5.41) is 4.00. The van der Waals surface area contributed by atoms with Crippen LogP contribution in [0.5, 0.6) is 0 Å². The highest BCUT2D eigenvalue weighted by Gasteiger charge is 2.29. The smallest absolute Gasteiger partial charge is 0.254 e. The number of morpholine rings is 1. The Bertz CT molecular complexity index is 1210. The third-order valence-corrected chi connectivity index (χ3v) is 5.95. The summed E-state index contributed by atoms with van der Waals surface area (Å²) < 4.78 is 10.6. The van der Waals surface area contributed by atoms with E-state index in [0.29, 0.717) is 66.7 Å². The molecule has 1 aromatic carbocycles. The number of rotatable bonds is 3. The molecule has 8 nitrogen and oxygen atoms in total. The molecule has 3 heterocycles. The first-order valence-electron chi connectivity index (χ1n) is 10.2. The van der Waals surface area contributed by atoms with E-state index in [1.807, 2.05) is 32.0 Å². The standard InChI is InChI=1S/C23H22N4O4/c1-12-20(13(2)31-26-12)19-11-18(22(24)28)17-10-15-9-14(3-4-16(15)21(17)25-19)23(29)27-5-7-30-8-6-27/h3-4,9,11H,5-8,10H2,1-2H3,(H2,24,28). The first kappa shape index (κ1) is 19.4. The molecule has 0 bridgehead atoms.